The molecule has 20 heavy (non-hydrogen) atoms. The molecular formula is C15H24O5. The third kappa shape index (κ3) is 5.63. The number of esters is 1. The Morgan fingerprint density at radius 2 is 1.80 bits per heavy atom. The second-order valence-corrected chi connectivity index (χ2v) is 5.42. The minimum atomic E-state index is -0.890. The van der Waals surface area contributed by atoms with Crippen molar-refractivity contribution < 1.29 is 24.2 Å². The van der Waals surface area contributed by atoms with Crippen molar-refractivity contribution in [2.24, 2.45) is 11.8 Å². The second-order valence-electron chi connectivity index (χ2n) is 5.42. The first-order valence-corrected chi connectivity index (χ1v) is 7.16. The van der Waals surface area contributed by atoms with Crippen LogP contribution in [-0.2, 0) is 19.1 Å². The molecule has 5 nitrogen and oxygen atoms in total. The van der Waals surface area contributed by atoms with Crippen LogP contribution in [0.4, 0.5) is 0 Å². The van der Waals surface area contributed by atoms with Crippen molar-refractivity contribution in [1.82, 2.24) is 0 Å². The third-order valence-electron chi connectivity index (χ3n) is 3.36. The van der Waals surface area contributed by atoms with Crippen molar-refractivity contribution in [2.45, 2.75) is 46.0 Å². The fraction of sp³-hybridized carbons (Fsp3) is 0.733. The van der Waals surface area contributed by atoms with Gasteiger partial charge < -0.3 is 14.6 Å². The summed E-state index contributed by atoms with van der Waals surface area (Å²) in [5, 5.41) is 9.12. The zero-order chi connectivity index (χ0) is 15.0. The van der Waals surface area contributed by atoms with E-state index >= 15 is 0 Å². The number of hydrogen-bond acceptors (Lipinski definition) is 4. The van der Waals surface area contributed by atoms with Gasteiger partial charge in [0, 0.05) is 6.42 Å². The number of carboxylic acid groups (broad SMARTS) is 1. The molecule has 2 atom stereocenters. The van der Waals surface area contributed by atoms with Crippen LogP contribution in [-0.4, -0.2) is 30.3 Å². The maximum absolute atomic E-state index is 11.9. The molecule has 0 aromatic heterocycles. The summed E-state index contributed by atoms with van der Waals surface area (Å²) in [7, 11) is 0. The van der Waals surface area contributed by atoms with Gasteiger partial charge in [0.1, 0.15) is 0 Å². The van der Waals surface area contributed by atoms with Crippen molar-refractivity contribution in [1.29, 1.82) is 0 Å². The number of carboxylic acids is 1. The van der Waals surface area contributed by atoms with Gasteiger partial charge in [-0.3, -0.25) is 9.59 Å². The standard InChI is InChI=1S/C15H24O5/c1-11(2)10-19-8-5-9-20-15(18)13-7-4-3-6-12(13)14(16)17/h10,12-13H,3-9H2,1-2H3,(H,16,17). The van der Waals surface area contributed by atoms with Gasteiger partial charge in [0.25, 0.3) is 0 Å². The van der Waals surface area contributed by atoms with Crippen molar-refractivity contribution in [3.8, 4) is 0 Å². The smallest absolute Gasteiger partial charge is 0.309 e. The predicted molar refractivity (Wildman–Crippen MR) is 74.0 cm³/mol. The largest absolute Gasteiger partial charge is 0.501 e. The first-order valence-electron chi connectivity index (χ1n) is 7.16. The van der Waals surface area contributed by atoms with Crippen LogP contribution in [0, 0.1) is 11.8 Å². The van der Waals surface area contributed by atoms with Crippen LogP contribution >= 0.6 is 0 Å². The Kier molecular flexibility index (Phi) is 7.12. The summed E-state index contributed by atoms with van der Waals surface area (Å²) in [6, 6.07) is 0. The number of ether oxygens (including phenoxy) is 2. The molecule has 0 saturated heterocycles. The molecule has 2 unspecified atom stereocenters. The van der Waals surface area contributed by atoms with Gasteiger partial charge in [-0.2, -0.15) is 0 Å². The normalized spacial score (nSPS) is 21.9. The van der Waals surface area contributed by atoms with Crippen molar-refractivity contribution in [3.05, 3.63) is 11.8 Å². The number of carbonyl (C=O) groups is 2. The fourth-order valence-corrected chi connectivity index (χ4v) is 2.36. The van der Waals surface area contributed by atoms with E-state index in [2.05, 4.69) is 0 Å². The lowest BCUT2D eigenvalue weighted by Crippen LogP contribution is -2.34. The molecule has 0 amide bonds. The summed E-state index contributed by atoms with van der Waals surface area (Å²) >= 11 is 0. The van der Waals surface area contributed by atoms with Gasteiger partial charge in [-0.25, -0.2) is 0 Å². The van der Waals surface area contributed by atoms with Crippen molar-refractivity contribution in [2.75, 3.05) is 13.2 Å². The van der Waals surface area contributed by atoms with Crippen LogP contribution in [0.3, 0.4) is 0 Å². The quantitative estimate of drug-likeness (QED) is 0.442. The van der Waals surface area contributed by atoms with E-state index in [0.29, 0.717) is 25.9 Å². The highest BCUT2D eigenvalue weighted by Crippen LogP contribution is 2.31. The van der Waals surface area contributed by atoms with E-state index in [1.165, 1.54) is 0 Å². The van der Waals surface area contributed by atoms with Crippen LogP contribution in [0.5, 0.6) is 0 Å². The topological polar surface area (TPSA) is 72.8 Å². The number of allylic oxidation sites excluding steroid dienone is 1. The second kappa shape index (κ2) is 8.61. The monoisotopic (exact) mass is 284 g/mol. The molecule has 0 aliphatic heterocycles. The average molecular weight is 284 g/mol. The molecule has 0 bridgehead atoms. The van der Waals surface area contributed by atoms with Crippen LogP contribution < -0.4 is 0 Å². The summed E-state index contributed by atoms with van der Waals surface area (Å²) in [5.74, 6) is -2.34. The van der Waals surface area contributed by atoms with Crippen LogP contribution in [0.2, 0.25) is 0 Å². The molecule has 1 aliphatic carbocycles. The Bertz CT molecular complexity index is 357. The molecule has 0 aromatic carbocycles. The summed E-state index contributed by atoms with van der Waals surface area (Å²) in [5.41, 5.74) is 1.08. The molecule has 1 aliphatic rings. The first-order chi connectivity index (χ1) is 9.52. The summed E-state index contributed by atoms with van der Waals surface area (Å²) < 4.78 is 10.4. The molecule has 1 N–H and O–H groups in total. The Hall–Kier alpha value is -1.52. The third-order valence-corrected chi connectivity index (χ3v) is 3.36. The van der Waals surface area contributed by atoms with E-state index < -0.39 is 17.8 Å². The molecule has 1 fully saturated rings. The van der Waals surface area contributed by atoms with Gasteiger partial charge in [0.05, 0.1) is 31.3 Å². The van der Waals surface area contributed by atoms with E-state index in [-0.39, 0.29) is 12.6 Å². The maximum atomic E-state index is 11.9. The van der Waals surface area contributed by atoms with Gasteiger partial charge in [0.2, 0.25) is 0 Å². The van der Waals surface area contributed by atoms with Crippen LogP contribution in [0.25, 0.3) is 0 Å². The summed E-state index contributed by atoms with van der Waals surface area (Å²) in [6.07, 6.45) is 5.23. The SMILES string of the molecule is CC(C)=COCCCOC(=O)C1CCCCC1C(=O)O. The first kappa shape index (κ1) is 16.5. The zero-order valence-electron chi connectivity index (χ0n) is 12.3. The number of aliphatic carboxylic acids is 1. The van der Waals surface area contributed by atoms with Gasteiger partial charge in [-0.05, 0) is 32.3 Å². The highest BCUT2D eigenvalue weighted by molar-refractivity contribution is 5.81. The number of hydrogen-bond donors (Lipinski definition) is 1. The summed E-state index contributed by atoms with van der Waals surface area (Å²) in [4.78, 5) is 23.0. The number of carbonyl (C=O) groups excluding carboxylic acids is 1. The van der Waals surface area contributed by atoms with Gasteiger partial charge in [-0.1, -0.05) is 12.8 Å². The highest BCUT2D eigenvalue weighted by atomic mass is 16.5. The molecule has 0 aromatic rings. The predicted octanol–water partition coefficient (Wildman–Crippen LogP) is 2.75. The van der Waals surface area contributed by atoms with E-state index in [4.69, 9.17) is 14.6 Å². The molecule has 5 heteroatoms. The van der Waals surface area contributed by atoms with E-state index in [1.807, 2.05) is 13.8 Å². The minimum Gasteiger partial charge on any atom is -0.501 e. The molecule has 1 rings (SSSR count). The van der Waals surface area contributed by atoms with Gasteiger partial charge in [0.15, 0.2) is 0 Å². The Morgan fingerprint density at radius 3 is 2.40 bits per heavy atom. The highest BCUT2D eigenvalue weighted by Gasteiger charge is 2.36. The molecule has 0 spiro atoms. The van der Waals surface area contributed by atoms with Crippen LogP contribution in [0.15, 0.2) is 11.8 Å². The maximum Gasteiger partial charge on any atom is 0.309 e. The van der Waals surface area contributed by atoms with E-state index in [1.54, 1.807) is 6.26 Å². The molecular weight excluding hydrogens is 260 g/mol. The van der Waals surface area contributed by atoms with Gasteiger partial charge in [-0.15, -0.1) is 0 Å². The molecule has 0 radical (unpaired) electrons. The van der Waals surface area contributed by atoms with Crippen molar-refractivity contribution >= 4 is 11.9 Å². The van der Waals surface area contributed by atoms with Crippen molar-refractivity contribution in [3.63, 3.8) is 0 Å². The molecule has 0 heterocycles. The average Bonchev–Trinajstić information content (AvgIpc) is 2.42. The lowest BCUT2D eigenvalue weighted by molar-refractivity contribution is -0.159. The number of rotatable bonds is 7. The Labute approximate surface area is 119 Å². The molecule has 114 valence electrons. The summed E-state index contributed by atoms with van der Waals surface area (Å²) in [6.45, 7) is 4.65. The fourth-order valence-electron chi connectivity index (χ4n) is 2.36. The zero-order valence-corrected chi connectivity index (χ0v) is 12.3. The van der Waals surface area contributed by atoms with Crippen LogP contribution in [0.1, 0.15) is 46.0 Å². The minimum absolute atomic E-state index is 0.276. The Balaban J connectivity index is 2.27. The van der Waals surface area contributed by atoms with E-state index in [0.717, 1.165) is 18.4 Å². The van der Waals surface area contributed by atoms with E-state index in [9.17, 15) is 9.59 Å². The lowest BCUT2D eigenvalue weighted by atomic mass is 9.79. The molecule has 1 saturated carbocycles. The lowest BCUT2D eigenvalue weighted by Gasteiger charge is -2.26. The van der Waals surface area contributed by atoms with Gasteiger partial charge >= 0.3 is 11.9 Å². The Morgan fingerprint density at radius 1 is 1.15 bits per heavy atom.